The zero-order chi connectivity index (χ0) is 16.2. The summed E-state index contributed by atoms with van der Waals surface area (Å²) in [4.78, 5) is 33.8. The van der Waals surface area contributed by atoms with Gasteiger partial charge in [0.2, 0.25) is 5.91 Å². The Balaban J connectivity index is 2.79. The Hall–Kier alpha value is -2.28. The Morgan fingerprint density at radius 3 is 2.33 bits per heavy atom. The smallest absolute Gasteiger partial charge is 0.335 e. The number of rotatable bonds is 5. The van der Waals surface area contributed by atoms with E-state index in [0.29, 0.717) is 0 Å². The molecule has 114 valence electrons. The van der Waals surface area contributed by atoms with Gasteiger partial charge in [0, 0.05) is 0 Å². The van der Waals surface area contributed by atoms with Gasteiger partial charge in [0.05, 0.1) is 16.3 Å². The van der Waals surface area contributed by atoms with Crippen LogP contribution in [-0.4, -0.2) is 29.1 Å². The van der Waals surface area contributed by atoms with E-state index >= 15 is 0 Å². The zero-order valence-electron chi connectivity index (χ0n) is 11.5. The van der Waals surface area contributed by atoms with Crippen molar-refractivity contribution in [1.82, 2.24) is 5.32 Å². The third kappa shape index (κ3) is 4.64. The van der Waals surface area contributed by atoms with Gasteiger partial charge in [-0.05, 0) is 24.1 Å². The van der Waals surface area contributed by atoms with Crippen LogP contribution in [0, 0.1) is 5.92 Å². The predicted molar refractivity (Wildman–Crippen MR) is 78.4 cm³/mol. The molecule has 0 fully saturated rings. The van der Waals surface area contributed by atoms with Crippen molar-refractivity contribution < 1.29 is 19.5 Å². The molecule has 3 amide bonds. The van der Waals surface area contributed by atoms with Gasteiger partial charge in [-0.2, -0.15) is 0 Å². The first-order chi connectivity index (χ1) is 9.72. The van der Waals surface area contributed by atoms with Gasteiger partial charge in [0.1, 0.15) is 6.04 Å². The number of benzene rings is 1. The van der Waals surface area contributed by atoms with Crippen LogP contribution in [0.2, 0.25) is 5.02 Å². The quantitative estimate of drug-likeness (QED) is 0.660. The average molecular weight is 314 g/mol. The number of carbonyl (C=O) groups is 3. The van der Waals surface area contributed by atoms with Crippen molar-refractivity contribution in [1.29, 1.82) is 0 Å². The van der Waals surface area contributed by atoms with Crippen molar-refractivity contribution >= 4 is 35.2 Å². The normalized spacial score (nSPS) is 11.8. The molecule has 0 aliphatic rings. The summed E-state index contributed by atoms with van der Waals surface area (Å²) in [7, 11) is 0. The average Bonchev–Trinajstić information content (AvgIpc) is 2.37. The SMILES string of the molecule is CC(C)C(NC(=O)Nc1ccc(C(=O)O)cc1Cl)C(N)=O. The highest BCUT2D eigenvalue weighted by atomic mass is 35.5. The number of carboxylic acids is 1. The minimum Gasteiger partial charge on any atom is -0.478 e. The zero-order valence-corrected chi connectivity index (χ0v) is 12.3. The first-order valence-electron chi connectivity index (χ1n) is 6.12. The maximum absolute atomic E-state index is 11.8. The van der Waals surface area contributed by atoms with E-state index in [2.05, 4.69) is 10.6 Å². The number of carbonyl (C=O) groups excluding carboxylic acids is 2. The lowest BCUT2D eigenvalue weighted by molar-refractivity contribution is -0.120. The van der Waals surface area contributed by atoms with Gasteiger partial charge in [-0.15, -0.1) is 0 Å². The van der Waals surface area contributed by atoms with Crippen LogP contribution in [-0.2, 0) is 4.79 Å². The second-order valence-corrected chi connectivity index (χ2v) is 5.13. The molecule has 0 saturated heterocycles. The maximum atomic E-state index is 11.8. The van der Waals surface area contributed by atoms with E-state index in [1.807, 2.05) is 0 Å². The van der Waals surface area contributed by atoms with Crippen LogP contribution in [0.25, 0.3) is 0 Å². The molecule has 1 aromatic rings. The van der Waals surface area contributed by atoms with Crippen LogP contribution in [0.5, 0.6) is 0 Å². The monoisotopic (exact) mass is 313 g/mol. The number of hydrogen-bond donors (Lipinski definition) is 4. The summed E-state index contributed by atoms with van der Waals surface area (Å²) in [5.41, 5.74) is 5.42. The lowest BCUT2D eigenvalue weighted by Crippen LogP contribution is -2.49. The molecular formula is C13H16ClN3O4. The van der Waals surface area contributed by atoms with Crippen molar-refractivity contribution in [2.45, 2.75) is 19.9 Å². The fourth-order valence-electron chi connectivity index (χ4n) is 1.62. The number of nitrogens with one attached hydrogen (secondary N) is 2. The molecule has 0 heterocycles. The van der Waals surface area contributed by atoms with Crippen molar-refractivity contribution in [3.05, 3.63) is 28.8 Å². The fraction of sp³-hybridized carbons (Fsp3) is 0.308. The number of nitrogens with two attached hydrogens (primary N) is 1. The number of urea groups is 1. The van der Waals surface area contributed by atoms with Crippen molar-refractivity contribution in [2.24, 2.45) is 11.7 Å². The summed E-state index contributed by atoms with van der Waals surface area (Å²) in [6, 6.07) is 2.41. The standard InChI is InChI=1S/C13H16ClN3O4/c1-6(2)10(11(15)18)17-13(21)16-9-4-3-7(12(19)20)5-8(9)14/h3-6,10H,1-2H3,(H2,15,18)(H,19,20)(H2,16,17,21). The second-order valence-electron chi connectivity index (χ2n) is 4.72. The lowest BCUT2D eigenvalue weighted by Gasteiger charge is -2.19. The molecule has 8 heteroatoms. The van der Waals surface area contributed by atoms with Crippen LogP contribution >= 0.6 is 11.6 Å². The number of primary amides is 1. The maximum Gasteiger partial charge on any atom is 0.335 e. The van der Waals surface area contributed by atoms with Gasteiger partial charge >= 0.3 is 12.0 Å². The topological polar surface area (TPSA) is 122 Å². The third-order valence-corrected chi connectivity index (χ3v) is 3.04. The van der Waals surface area contributed by atoms with Crippen LogP contribution < -0.4 is 16.4 Å². The number of hydrogen-bond acceptors (Lipinski definition) is 3. The van der Waals surface area contributed by atoms with Gasteiger partial charge in [-0.3, -0.25) is 4.79 Å². The van der Waals surface area contributed by atoms with E-state index < -0.39 is 23.9 Å². The van der Waals surface area contributed by atoms with Gasteiger partial charge in [0.25, 0.3) is 0 Å². The summed E-state index contributed by atoms with van der Waals surface area (Å²) in [6.45, 7) is 3.48. The molecule has 0 saturated carbocycles. The summed E-state index contributed by atoms with van der Waals surface area (Å²) in [6.07, 6.45) is 0. The number of halogens is 1. The molecule has 21 heavy (non-hydrogen) atoms. The Kier molecular flexibility index (Phi) is 5.54. The highest BCUT2D eigenvalue weighted by Crippen LogP contribution is 2.23. The largest absolute Gasteiger partial charge is 0.478 e. The van der Waals surface area contributed by atoms with Gasteiger partial charge < -0.3 is 21.5 Å². The van der Waals surface area contributed by atoms with Crippen molar-refractivity contribution in [3.8, 4) is 0 Å². The molecule has 0 aromatic heterocycles. The van der Waals surface area contributed by atoms with E-state index in [1.165, 1.54) is 18.2 Å². The number of amides is 3. The van der Waals surface area contributed by atoms with Gasteiger partial charge in [-0.25, -0.2) is 9.59 Å². The lowest BCUT2D eigenvalue weighted by atomic mass is 10.0. The Morgan fingerprint density at radius 1 is 1.29 bits per heavy atom. The molecule has 0 bridgehead atoms. The van der Waals surface area contributed by atoms with E-state index in [-0.39, 0.29) is 22.2 Å². The number of aromatic carboxylic acids is 1. The summed E-state index contributed by atoms with van der Waals surface area (Å²) >= 11 is 5.88. The fourth-order valence-corrected chi connectivity index (χ4v) is 1.84. The Labute approximate surface area is 126 Å². The van der Waals surface area contributed by atoms with Crippen LogP contribution in [0.4, 0.5) is 10.5 Å². The molecule has 0 spiro atoms. The predicted octanol–water partition coefficient (Wildman–Crippen LogP) is 1.67. The molecule has 7 nitrogen and oxygen atoms in total. The van der Waals surface area contributed by atoms with Crippen molar-refractivity contribution in [3.63, 3.8) is 0 Å². The first-order valence-corrected chi connectivity index (χ1v) is 6.50. The van der Waals surface area contributed by atoms with E-state index in [4.69, 9.17) is 22.4 Å². The van der Waals surface area contributed by atoms with E-state index in [0.717, 1.165) is 0 Å². The van der Waals surface area contributed by atoms with E-state index in [1.54, 1.807) is 13.8 Å². The molecule has 1 atom stereocenters. The van der Waals surface area contributed by atoms with E-state index in [9.17, 15) is 14.4 Å². The molecule has 1 rings (SSSR count). The van der Waals surface area contributed by atoms with Gasteiger partial charge in [0.15, 0.2) is 0 Å². The minimum atomic E-state index is -1.12. The summed E-state index contributed by atoms with van der Waals surface area (Å²) < 4.78 is 0. The van der Waals surface area contributed by atoms with Crippen LogP contribution in [0.3, 0.4) is 0 Å². The summed E-state index contributed by atoms with van der Waals surface area (Å²) in [5, 5.41) is 13.8. The number of anilines is 1. The minimum absolute atomic E-state index is 0.00292. The highest BCUT2D eigenvalue weighted by Gasteiger charge is 2.22. The Bertz CT molecular complexity index is 575. The molecule has 0 aliphatic heterocycles. The second kappa shape index (κ2) is 6.94. The Morgan fingerprint density at radius 2 is 1.90 bits per heavy atom. The molecule has 0 radical (unpaired) electrons. The molecule has 1 aromatic carbocycles. The van der Waals surface area contributed by atoms with Crippen molar-refractivity contribution in [2.75, 3.05) is 5.32 Å². The molecule has 0 aliphatic carbocycles. The first kappa shape index (κ1) is 16.8. The highest BCUT2D eigenvalue weighted by molar-refractivity contribution is 6.34. The molecule has 1 unspecified atom stereocenters. The third-order valence-electron chi connectivity index (χ3n) is 2.72. The number of carboxylic acid groups (broad SMARTS) is 1. The van der Waals surface area contributed by atoms with Crippen LogP contribution in [0.15, 0.2) is 18.2 Å². The van der Waals surface area contributed by atoms with Gasteiger partial charge in [-0.1, -0.05) is 25.4 Å². The molecule has 5 N–H and O–H groups in total. The molecular weight excluding hydrogens is 298 g/mol. The summed E-state index contributed by atoms with van der Waals surface area (Å²) in [5.74, 6) is -1.94. The van der Waals surface area contributed by atoms with Crippen LogP contribution in [0.1, 0.15) is 24.2 Å².